The Kier molecular flexibility index (Phi) is 5.09. The van der Waals surface area contributed by atoms with Crippen LogP contribution < -0.4 is 0 Å². The summed E-state index contributed by atoms with van der Waals surface area (Å²) in [4.78, 5) is 19.4. The van der Waals surface area contributed by atoms with E-state index in [2.05, 4.69) is 35.3 Å². The molecule has 0 saturated carbocycles. The Labute approximate surface area is 161 Å². The third-order valence-corrected chi connectivity index (χ3v) is 5.81. The number of thiophene rings is 1. The minimum Gasteiger partial charge on any atom is -0.476 e. The first-order chi connectivity index (χ1) is 12.7. The molecular weight excluding hydrogens is 368 g/mol. The van der Waals surface area contributed by atoms with Gasteiger partial charge in [0.2, 0.25) is 5.90 Å². The molecule has 0 atom stereocenters. The van der Waals surface area contributed by atoms with Crippen molar-refractivity contribution in [2.24, 2.45) is 4.99 Å². The molecule has 2 aromatic rings. The second kappa shape index (κ2) is 7.64. The molecule has 1 saturated heterocycles. The van der Waals surface area contributed by atoms with Crippen LogP contribution in [0.5, 0.6) is 0 Å². The summed E-state index contributed by atoms with van der Waals surface area (Å²) < 4.78 is 6.15. The third-order valence-electron chi connectivity index (χ3n) is 4.59. The van der Waals surface area contributed by atoms with Gasteiger partial charge in [-0.15, -0.1) is 11.3 Å². The SMILES string of the molecule is O=C(c1ccc(Cl)s1)N1CCC(=Cc2ccc(C3=NCCO3)cc2)CC1. The van der Waals surface area contributed by atoms with E-state index in [-0.39, 0.29) is 5.91 Å². The van der Waals surface area contributed by atoms with E-state index in [0.29, 0.717) is 10.9 Å². The lowest BCUT2D eigenvalue weighted by atomic mass is 10.00. The van der Waals surface area contributed by atoms with Gasteiger partial charge in [0.25, 0.3) is 5.91 Å². The summed E-state index contributed by atoms with van der Waals surface area (Å²) in [5.41, 5.74) is 3.58. The molecule has 1 amide bonds. The molecule has 6 heteroatoms. The molecule has 0 unspecified atom stereocenters. The first kappa shape index (κ1) is 17.3. The number of nitrogens with zero attached hydrogens (tertiary/aromatic N) is 2. The highest BCUT2D eigenvalue weighted by atomic mass is 35.5. The van der Waals surface area contributed by atoms with Crippen molar-refractivity contribution < 1.29 is 9.53 Å². The standard InChI is InChI=1S/C20H19ClN2O2S/c21-18-6-5-17(26-18)20(24)23-10-7-15(8-11-23)13-14-1-3-16(4-2-14)19-22-9-12-25-19/h1-6,13H,7-12H2. The highest BCUT2D eigenvalue weighted by Crippen LogP contribution is 2.26. The van der Waals surface area contributed by atoms with Crippen LogP contribution in [-0.2, 0) is 4.74 Å². The monoisotopic (exact) mass is 386 g/mol. The first-order valence-corrected chi connectivity index (χ1v) is 9.90. The summed E-state index contributed by atoms with van der Waals surface area (Å²) in [7, 11) is 0. The minimum absolute atomic E-state index is 0.0858. The fraction of sp³-hybridized carbons (Fsp3) is 0.300. The van der Waals surface area contributed by atoms with Crippen LogP contribution in [0.2, 0.25) is 4.34 Å². The Morgan fingerprint density at radius 3 is 2.54 bits per heavy atom. The number of halogens is 1. The number of rotatable bonds is 3. The summed E-state index contributed by atoms with van der Waals surface area (Å²) in [5, 5.41) is 0. The van der Waals surface area contributed by atoms with Gasteiger partial charge in [0, 0.05) is 18.7 Å². The van der Waals surface area contributed by atoms with Gasteiger partial charge in [-0.3, -0.25) is 4.79 Å². The van der Waals surface area contributed by atoms with E-state index in [1.807, 2.05) is 4.90 Å². The molecule has 1 aromatic carbocycles. The number of hydrogen-bond acceptors (Lipinski definition) is 4. The molecule has 1 aromatic heterocycles. The van der Waals surface area contributed by atoms with Crippen molar-refractivity contribution in [1.82, 2.24) is 4.90 Å². The molecule has 3 heterocycles. The van der Waals surface area contributed by atoms with Crippen LogP contribution in [0.4, 0.5) is 0 Å². The molecule has 0 aliphatic carbocycles. The number of likely N-dealkylation sites (tertiary alicyclic amines) is 1. The van der Waals surface area contributed by atoms with Crippen molar-refractivity contribution >= 4 is 40.8 Å². The summed E-state index contributed by atoms with van der Waals surface area (Å²) >= 11 is 7.28. The smallest absolute Gasteiger partial charge is 0.263 e. The van der Waals surface area contributed by atoms with Crippen molar-refractivity contribution in [2.45, 2.75) is 12.8 Å². The molecule has 4 rings (SSSR count). The van der Waals surface area contributed by atoms with Crippen molar-refractivity contribution in [3.8, 4) is 0 Å². The van der Waals surface area contributed by atoms with Gasteiger partial charge in [-0.05, 0) is 42.7 Å². The number of amides is 1. The zero-order valence-corrected chi connectivity index (χ0v) is 15.9. The van der Waals surface area contributed by atoms with Gasteiger partial charge in [-0.25, -0.2) is 4.99 Å². The molecule has 1 fully saturated rings. The number of ether oxygens (including phenoxy) is 1. The number of carbonyl (C=O) groups excluding carboxylic acids is 1. The van der Waals surface area contributed by atoms with E-state index < -0.39 is 0 Å². The molecule has 2 aliphatic heterocycles. The van der Waals surface area contributed by atoms with E-state index in [9.17, 15) is 4.79 Å². The average Bonchev–Trinajstić information content (AvgIpc) is 3.34. The van der Waals surface area contributed by atoms with E-state index in [1.165, 1.54) is 22.5 Å². The van der Waals surface area contributed by atoms with Gasteiger partial charge in [0.05, 0.1) is 15.8 Å². The largest absolute Gasteiger partial charge is 0.476 e. The van der Waals surface area contributed by atoms with E-state index >= 15 is 0 Å². The highest BCUT2D eigenvalue weighted by Gasteiger charge is 2.21. The van der Waals surface area contributed by atoms with E-state index in [1.54, 1.807) is 12.1 Å². The van der Waals surface area contributed by atoms with Crippen LogP contribution in [0, 0.1) is 0 Å². The van der Waals surface area contributed by atoms with Crippen molar-refractivity contribution in [2.75, 3.05) is 26.2 Å². The van der Waals surface area contributed by atoms with Gasteiger partial charge >= 0.3 is 0 Å². The molecule has 0 bridgehead atoms. The van der Waals surface area contributed by atoms with Gasteiger partial charge < -0.3 is 9.64 Å². The van der Waals surface area contributed by atoms with Crippen molar-refractivity contribution in [3.63, 3.8) is 0 Å². The van der Waals surface area contributed by atoms with Gasteiger partial charge in [0.15, 0.2) is 0 Å². The molecule has 0 spiro atoms. The minimum atomic E-state index is 0.0858. The van der Waals surface area contributed by atoms with Gasteiger partial charge in [0.1, 0.15) is 6.61 Å². The molecule has 2 aliphatic rings. The molecule has 134 valence electrons. The fourth-order valence-electron chi connectivity index (χ4n) is 3.19. The maximum absolute atomic E-state index is 12.5. The lowest BCUT2D eigenvalue weighted by Crippen LogP contribution is -2.35. The maximum Gasteiger partial charge on any atom is 0.263 e. The fourth-order valence-corrected chi connectivity index (χ4v) is 4.20. The lowest BCUT2D eigenvalue weighted by Gasteiger charge is -2.28. The highest BCUT2D eigenvalue weighted by molar-refractivity contribution is 7.17. The Hall–Kier alpha value is -2.11. The van der Waals surface area contributed by atoms with Crippen LogP contribution >= 0.6 is 22.9 Å². The predicted octanol–water partition coefficient (Wildman–Crippen LogP) is 4.50. The summed E-state index contributed by atoms with van der Waals surface area (Å²) in [6.45, 7) is 2.92. The molecule has 0 radical (unpaired) electrons. The normalized spacial score (nSPS) is 17.0. The summed E-state index contributed by atoms with van der Waals surface area (Å²) in [6, 6.07) is 11.9. The molecule has 4 nitrogen and oxygen atoms in total. The average molecular weight is 387 g/mol. The quantitative estimate of drug-likeness (QED) is 0.779. The van der Waals surface area contributed by atoms with Crippen molar-refractivity contribution in [3.05, 3.63) is 62.3 Å². The number of carbonyl (C=O) groups is 1. The Balaban J connectivity index is 1.37. The van der Waals surface area contributed by atoms with Crippen molar-refractivity contribution in [1.29, 1.82) is 0 Å². The Bertz CT molecular complexity index is 860. The topological polar surface area (TPSA) is 41.9 Å². The Morgan fingerprint density at radius 2 is 1.92 bits per heavy atom. The number of benzene rings is 1. The zero-order chi connectivity index (χ0) is 17.9. The van der Waals surface area contributed by atoms with Crippen LogP contribution in [0.1, 0.15) is 33.6 Å². The number of hydrogen-bond donors (Lipinski definition) is 0. The summed E-state index contributed by atoms with van der Waals surface area (Å²) in [5.74, 6) is 0.826. The Morgan fingerprint density at radius 1 is 1.15 bits per heavy atom. The number of piperidine rings is 1. The van der Waals surface area contributed by atoms with Crippen LogP contribution in [0.15, 0.2) is 47.0 Å². The second-order valence-electron chi connectivity index (χ2n) is 6.36. The van der Waals surface area contributed by atoms with Crippen LogP contribution in [-0.4, -0.2) is 42.9 Å². The maximum atomic E-state index is 12.5. The summed E-state index contributed by atoms with van der Waals surface area (Å²) in [6.07, 6.45) is 4.04. The van der Waals surface area contributed by atoms with E-state index in [4.69, 9.17) is 16.3 Å². The van der Waals surface area contributed by atoms with Gasteiger partial charge in [-0.1, -0.05) is 35.4 Å². The molecule has 26 heavy (non-hydrogen) atoms. The van der Waals surface area contributed by atoms with Gasteiger partial charge in [-0.2, -0.15) is 0 Å². The molecular formula is C20H19ClN2O2S. The van der Waals surface area contributed by atoms with E-state index in [0.717, 1.165) is 48.8 Å². The third kappa shape index (κ3) is 3.84. The van der Waals surface area contributed by atoms with Crippen LogP contribution in [0.3, 0.4) is 0 Å². The first-order valence-electron chi connectivity index (χ1n) is 8.71. The predicted molar refractivity (Wildman–Crippen MR) is 106 cm³/mol. The van der Waals surface area contributed by atoms with Crippen LogP contribution in [0.25, 0.3) is 6.08 Å². The molecule has 0 N–H and O–H groups in total. The number of aliphatic imine (C=N–C) groups is 1. The lowest BCUT2D eigenvalue weighted by molar-refractivity contribution is 0.0749. The second-order valence-corrected chi connectivity index (χ2v) is 8.07. The zero-order valence-electron chi connectivity index (χ0n) is 14.3.